The second kappa shape index (κ2) is 5.66. The summed E-state index contributed by atoms with van der Waals surface area (Å²) in [6.07, 6.45) is 0.334. The quantitative estimate of drug-likeness (QED) is 0.860. The van der Waals surface area contributed by atoms with Crippen molar-refractivity contribution in [1.82, 2.24) is 0 Å². The Morgan fingerprint density at radius 2 is 1.90 bits per heavy atom. The molecule has 0 atom stereocenters. The molecule has 0 aliphatic heterocycles. The van der Waals surface area contributed by atoms with Crippen molar-refractivity contribution >= 4 is 17.1 Å². The molecule has 2 aromatic carbocycles. The van der Waals surface area contributed by atoms with Crippen LogP contribution in [0.15, 0.2) is 36.4 Å². The fourth-order valence-corrected chi connectivity index (χ4v) is 2.36. The molecular formula is C17H19N3. The molecule has 2 aromatic rings. The molecule has 0 spiro atoms. The number of anilines is 3. The molecule has 0 heterocycles. The van der Waals surface area contributed by atoms with Crippen molar-refractivity contribution in [3.05, 3.63) is 53.1 Å². The van der Waals surface area contributed by atoms with Gasteiger partial charge in [-0.2, -0.15) is 5.26 Å². The van der Waals surface area contributed by atoms with Crippen LogP contribution in [0.1, 0.15) is 16.7 Å². The molecular weight excluding hydrogens is 246 g/mol. The summed E-state index contributed by atoms with van der Waals surface area (Å²) in [5, 5.41) is 8.85. The lowest BCUT2D eigenvalue weighted by atomic mass is 10.1. The Balaban J connectivity index is 2.40. The zero-order valence-electron chi connectivity index (χ0n) is 12.1. The maximum Gasteiger partial charge on any atom is 0.0670 e. The Morgan fingerprint density at radius 3 is 2.55 bits per heavy atom. The summed E-state index contributed by atoms with van der Waals surface area (Å²) in [6.45, 7) is 4.19. The fourth-order valence-electron chi connectivity index (χ4n) is 2.36. The van der Waals surface area contributed by atoms with Crippen LogP contribution in [-0.2, 0) is 6.42 Å². The van der Waals surface area contributed by atoms with Crippen molar-refractivity contribution < 1.29 is 0 Å². The third-order valence-corrected chi connectivity index (χ3v) is 3.50. The third-order valence-electron chi connectivity index (χ3n) is 3.50. The van der Waals surface area contributed by atoms with Crippen LogP contribution >= 0.6 is 0 Å². The van der Waals surface area contributed by atoms with Gasteiger partial charge in [-0.15, -0.1) is 0 Å². The van der Waals surface area contributed by atoms with E-state index in [1.54, 1.807) is 0 Å². The second-order valence-electron chi connectivity index (χ2n) is 5.07. The van der Waals surface area contributed by atoms with E-state index in [1.165, 1.54) is 11.1 Å². The Morgan fingerprint density at radius 1 is 1.15 bits per heavy atom. The normalized spacial score (nSPS) is 10.1. The van der Waals surface area contributed by atoms with Gasteiger partial charge in [0.2, 0.25) is 0 Å². The van der Waals surface area contributed by atoms with Gasteiger partial charge in [0.05, 0.1) is 12.5 Å². The van der Waals surface area contributed by atoms with E-state index in [4.69, 9.17) is 11.0 Å². The molecule has 0 radical (unpaired) electrons. The molecule has 0 fully saturated rings. The van der Waals surface area contributed by atoms with E-state index < -0.39 is 0 Å². The van der Waals surface area contributed by atoms with Gasteiger partial charge in [-0.1, -0.05) is 17.7 Å². The van der Waals surface area contributed by atoms with Gasteiger partial charge in [-0.25, -0.2) is 0 Å². The smallest absolute Gasteiger partial charge is 0.0670 e. The SMILES string of the molecule is Cc1ccc(N(C)c2ccc(N)c(CC#N)c2)c(C)c1. The van der Waals surface area contributed by atoms with Crippen molar-refractivity contribution in [2.45, 2.75) is 20.3 Å². The number of nitrogens with two attached hydrogens (primary N) is 1. The van der Waals surface area contributed by atoms with Crippen molar-refractivity contribution in [3.8, 4) is 6.07 Å². The van der Waals surface area contributed by atoms with E-state index in [9.17, 15) is 0 Å². The molecule has 3 nitrogen and oxygen atoms in total. The van der Waals surface area contributed by atoms with Crippen LogP contribution in [0.5, 0.6) is 0 Å². The highest BCUT2D eigenvalue weighted by molar-refractivity contribution is 5.69. The van der Waals surface area contributed by atoms with Crippen LogP contribution < -0.4 is 10.6 Å². The summed E-state index contributed by atoms with van der Waals surface area (Å²) in [5.41, 5.74) is 12.1. The number of aryl methyl sites for hydroxylation is 2. The van der Waals surface area contributed by atoms with Gasteiger partial charge in [-0.3, -0.25) is 0 Å². The molecule has 0 aliphatic rings. The lowest BCUT2D eigenvalue weighted by molar-refractivity contribution is 1.16. The summed E-state index contributed by atoms with van der Waals surface area (Å²) >= 11 is 0. The van der Waals surface area contributed by atoms with Crippen molar-refractivity contribution in [1.29, 1.82) is 5.26 Å². The summed E-state index contributed by atoms with van der Waals surface area (Å²) in [6, 6.07) is 14.4. The first-order valence-corrected chi connectivity index (χ1v) is 6.59. The average Bonchev–Trinajstić information content (AvgIpc) is 2.41. The van der Waals surface area contributed by atoms with Crippen LogP contribution in [-0.4, -0.2) is 7.05 Å². The predicted octanol–water partition coefficient (Wildman–Crippen LogP) is 3.72. The average molecular weight is 265 g/mol. The number of hydrogen-bond acceptors (Lipinski definition) is 3. The standard InChI is InChI=1S/C17H19N3/c1-12-4-7-17(13(2)10-12)20(3)15-5-6-16(19)14(11-15)8-9-18/h4-7,10-11H,8,19H2,1-3H3. The van der Waals surface area contributed by atoms with Gasteiger partial charge in [0.1, 0.15) is 0 Å². The predicted molar refractivity (Wildman–Crippen MR) is 84.2 cm³/mol. The van der Waals surface area contributed by atoms with E-state index in [0.29, 0.717) is 12.1 Å². The highest BCUT2D eigenvalue weighted by Crippen LogP contribution is 2.29. The summed E-state index contributed by atoms with van der Waals surface area (Å²) in [4.78, 5) is 2.12. The summed E-state index contributed by atoms with van der Waals surface area (Å²) in [5.74, 6) is 0. The van der Waals surface area contributed by atoms with Crippen LogP contribution in [0.25, 0.3) is 0 Å². The lowest BCUT2D eigenvalue weighted by Crippen LogP contribution is -2.11. The molecule has 102 valence electrons. The molecule has 2 N–H and O–H groups in total. The second-order valence-corrected chi connectivity index (χ2v) is 5.07. The summed E-state index contributed by atoms with van der Waals surface area (Å²) in [7, 11) is 2.03. The van der Waals surface area contributed by atoms with Crippen molar-refractivity contribution in [2.75, 3.05) is 17.7 Å². The minimum Gasteiger partial charge on any atom is -0.398 e. The first-order valence-electron chi connectivity index (χ1n) is 6.59. The Hall–Kier alpha value is -2.47. The Kier molecular flexibility index (Phi) is 3.95. The molecule has 0 bridgehead atoms. The molecule has 0 saturated heterocycles. The zero-order valence-corrected chi connectivity index (χ0v) is 12.1. The largest absolute Gasteiger partial charge is 0.398 e. The number of rotatable bonds is 3. The minimum absolute atomic E-state index is 0.334. The van der Waals surface area contributed by atoms with Gasteiger partial charge >= 0.3 is 0 Å². The molecule has 2 rings (SSSR count). The van der Waals surface area contributed by atoms with E-state index in [2.05, 4.69) is 43.0 Å². The molecule has 0 unspecified atom stereocenters. The molecule has 0 aliphatic carbocycles. The third kappa shape index (κ3) is 2.75. The molecule has 20 heavy (non-hydrogen) atoms. The molecule has 3 heteroatoms. The maximum atomic E-state index is 8.85. The first kappa shape index (κ1) is 14.0. The number of hydrogen-bond donors (Lipinski definition) is 1. The molecule has 0 saturated carbocycles. The summed E-state index contributed by atoms with van der Waals surface area (Å²) < 4.78 is 0. The van der Waals surface area contributed by atoms with Crippen molar-refractivity contribution in [2.24, 2.45) is 0 Å². The first-order chi connectivity index (χ1) is 9.52. The Bertz CT molecular complexity index is 668. The van der Waals surface area contributed by atoms with Crippen molar-refractivity contribution in [3.63, 3.8) is 0 Å². The highest BCUT2D eigenvalue weighted by Gasteiger charge is 2.09. The monoisotopic (exact) mass is 265 g/mol. The fraction of sp³-hybridized carbons (Fsp3) is 0.235. The van der Waals surface area contributed by atoms with Crippen LogP contribution in [0.2, 0.25) is 0 Å². The highest BCUT2D eigenvalue weighted by atomic mass is 15.1. The van der Waals surface area contributed by atoms with E-state index >= 15 is 0 Å². The topological polar surface area (TPSA) is 53.0 Å². The number of nitrogen functional groups attached to an aromatic ring is 1. The van der Waals surface area contributed by atoms with Crippen LogP contribution in [0, 0.1) is 25.2 Å². The lowest BCUT2D eigenvalue weighted by Gasteiger charge is -2.23. The number of benzene rings is 2. The van der Waals surface area contributed by atoms with Crippen LogP contribution in [0.3, 0.4) is 0 Å². The van der Waals surface area contributed by atoms with Gasteiger partial charge in [0.15, 0.2) is 0 Å². The zero-order chi connectivity index (χ0) is 14.7. The minimum atomic E-state index is 0.334. The van der Waals surface area contributed by atoms with Gasteiger partial charge in [-0.05, 0) is 49.2 Å². The molecule has 0 aromatic heterocycles. The van der Waals surface area contributed by atoms with E-state index in [0.717, 1.165) is 16.9 Å². The Labute approximate surface area is 120 Å². The maximum absolute atomic E-state index is 8.85. The van der Waals surface area contributed by atoms with E-state index in [-0.39, 0.29) is 0 Å². The molecule has 0 amide bonds. The number of nitrogens with zero attached hydrogens (tertiary/aromatic N) is 2. The van der Waals surface area contributed by atoms with E-state index in [1.807, 2.05) is 25.2 Å². The number of nitriles is 1. The van der Waals surface area contributed by atoms with Gasteiger partial charge in [0.25, 0.3) is 0 Å². The van der Waals surface area contributed by atoms with Gasteiger partial charge in [0, 0.05) is 24.1 Å². The van der Waals surface area contributed by atoms with Gasteiger partial charge < -0.3 is 10.6 Å². The van der Waals surface area contributed by atoms with Crippen LogP contribution in [0.4, 0.5) is 17.1 Å².